The Balaban J connectivity index is 1.67. The quantitative estimate of drug-likeness (QED) is 0.592. The molecule has 1 fully saturated rings. The molecule has 0 saturated carbocycles. The minimum atomic E-state index is -0.104. The highest BCUT2D eigenvalue weighted by Crippen LogP contribution is 2.26. The molecule has 1 aliphatic rings. The minimum absolute atomic E-state index is 0.104. The number of ether oxygens (including phenoxy) is 2. The second kappa shape index (κ2) is 10.2. The molecule has 5 heteroatoms. The SMILES string of the molecule is CCOC(=O)CN1CCC(C[C@@H](C)COc2ccc(Br)c(C)c2)CC1. The lowest BCUT2D eigenvalue weighted by atomic mass is 9.88. The lowest BCUT2D eigenvalue weighted by Gasteiger charge is -2.32. The second-order valence-corrected chi connectivity index (χ2v) is 7.94. The highest BCUT2D eigenvalue weighted by molar-refractivity contribution is 9.10. The van der Waals surface area contributed by atoms with Crippen molar-refractivity contribution in [3.63, 3.8) is 0 Å². The van der Waals surface area contributed by atoms with Crippen LogP contribution in [0.3, 0.4) is 0 Å². The zero-order chi connectivity index (χ0) is 18.2. The maximum atomic E-state index is 11.6. The van der Waals surface area contributed by atoms with E-state index >= 15 is 0 Å². The van der Waals surface area contributed by atoms with Gasteiger partial charge in [0.05, 0.1) is 19.8 Å². The van der Waals surface area contributed by atoms with Crippen molar-refractivity contribution in [3.8, 4) is 5.75 Å². The summed E-state index contributed by atoms with van der Waals surface area (Å²) in [4.78, 5) is 13.8. The Morgan fingerprint density at radius 2 is 2.08 bits per heavy atom. The van der Waals surface area contributed by atoms with Crippen molar-refractivity contribution in [2.45, 2.75) is 40.0 Å². The molecule has 0 radical (unpaired) electrons. The Morgan fingerprint density at radius 3 is 2.72 bits per heavy atom. The molecule has 0 bridgehead atoms. The van der Waals surface area contributed by atoms with Crippen molar-refractivity contribution < 1.29 is 14.3 Å². The number of nitrogens with zero attached hydrogens (tertiary/aromatic N) is 1. The van der Waals surface area contributed by atoms with E-state index in [1.807, 2.05) is 19.1 Å². The largest absolute Gasteiger partial charge is 0.493 e. The molecule has 1 atom stereocenters. The van der Waals surface area contributed by atoms with E-state index in [1.54, 1.807) is 0 Å². The Bertz CT molecular complexity index is 556. The van der Waals surface area contributed by atoms with Crippen molar-refractivity contribution in [2.24, 2.45) is 11.8 Å². The molecular weight excluding hydrogens is 382 g/mol. The number of piperidine rings is 1. The van der Waals surface area contributed by atoms with Crippen molar-refractivity contribution in [1.29, 1.82) is 0 Å². The zero-order valence-corrected chi connectivity index (χ0v) is 17.2. The van der Waals surface area contributed by atoms with Crippen LogP contribution in [0.25, 0.3) is 0 Å². The van der Waals surface area contributed by atoms with E-state index in [1.165, 1.54) is 12.0 Å². The number of aryl methyl sites for hydroxylation is 1. The molecular formula is C20H30BrNO3. The van der Waals surface area contributed by atoms with Gasteiger partial charge in [0.1, 0.15) is 5.75 Å². The lowest BCUT2D eigenvalue weighted by molar-refractivity contribution is -0.144. The molecule has 0 unspecified atom stereocenters. The predicted molar refractivity (Wildman–Crippen MR) is 104 cm³/mol. The van der Waals surface area contributed by atoms with Crippen molar-refractivity contribution in [2.75, 3.05) is 32.8 Å². The summed E-state index contributed by atoms with van der Waals surface area (Å²) < 4.78 is 12.1. The Kier molecular flexibility index (Phi) is 8.24. The van der Waals surface area contributed by atoms with Gasteiger partial charge >= 0.3 is 5.97 Å². The first-order valence-electron chi connectivity index (χ1n) is 9.24. The molecule has 0 aliphatic carbocycles. The van der Waals surface area contributed by atoms with E-state index in [0.717, 1.165) is 48.7 Å². The van der Waals surface area contributed by atoms with Gasteiger partial charge in [0.2, 0.25) is 0 Å². The van der Waals surface area contributed by atoms with Gasteiger partial charge in [-0.3, -0.25) is 9.69 Å². The molecule has 0 spiro atoms. The van der Waals surface area contributed by atoms with Crippen molar-refractivity contribution >= 4 is 21.9 Å². The molecule has 1 aliphatic heterocycles. The van der Waals surface area contributed by atoms with Crippen LogP contribution in [0.5, 0.6) is 5.75 Å². The normalized spacial score (nSPS) is 17.3. The van der Waals surface area contributed by atoms with Gasteiger partial charge in [-0.2, -0.15) is 0 Å². The fourth-order valence-corrected chi connectivity index (χ4v) is 3.60. The van der Waals surface area contributed by atoms with Gasteiger partial charge in [0.25, 0.3) is 0 Å². The van der Waals surface area contributed by atoms with Crippen LogP contribution in [0.1, 0.15) is 38.7 Å². The molecule has 4 nitrogen and oxygen atoms in total. The van der Waals surface area contributed by atoms with Gasteiger partial charge in [-0.15, -0.1) is 0 Å². The number of hydrogen-bond donors (Lipinski definition) is 0. The van der Waals surface area contributed by atoms with Gasteiger partial charge in [-0.25, -0.2) is 0 Å². The lowest BCUT2D eigenvalue weighted by Crippen LogP contribution is -2.38. The third-order valence-corrected chi connectivity index (χ3v) is 5.65. The van der Waals surface area contributed by atoms with Crippen LogP contribution in [0.4, 0.5) is 0 Å². The first-order valence-corrected chi connectivity index (χ1v) is 10.0. The molecule has 1 saturated heterocycles. The summed E-state index contributed by atoms with van der Waals surface area (Å²) >= 11 is 3.51. The van der Waals surface area contributed by atoms with Gasteiger partial charge < -0.3 is 9.47 Å². The molecule has 140 valence electrons. The summed E-state index contributed by atoms with van der Waals surface area (Å²) in [7, 11) is 0. The summed E-state index contributed by atoms with van der Waals surface area (Å²) in [5, 5.41) is 0. The van der Waals surface area contributed by atoms with Crippen LogP contribution < -0.4 is 4.74 Å². The number of rotatable bonds is 8. The number of hydrogen-bond acceptors (Lipinski definition) is 4. The standard InChI is InChI=1S/C20H30BrNO3/c1-4-24-20(23)13-22-9-7-17(8-10-22)11-15(2)14-25-18-5-6-19(21)16(3)12-18/h5-6,12,15,17H,4,7-11,13-14H2,1-3H3/t15-/m1/s1. The monoisotopic (exact) mass is 411 g/mol. The molecule has 0 N–H and O–H groups in total. The summed E-state index contributed by atoms with van der Waals surface area (Å²) in [5.41, 5.74) is 1.19. The number of carbonyl (C=O) groups excluding carboxylic acids is 1. The smallest absolute Gasteiger partial charge is 0.320 e. The highest BCUT2D eigenvalue weighted by atomic mass is 79.9. The van der Waals surface area contributed by atoms with E-state index < -0.39 is 0 Å². The number of halogens is 1. The van der Waals surface area contributed by atoms with Gasteiger partial charge in [-0.05, 0) is 81.8 Å². The van der Waals surface area contributed by atoms with E-state index in [2.05, 4.69) is 40.7 Å². The van der Waals surface area contributed by atoms with E-state index in [-0.39, 0.29) is 5.97 Å². The number of esters is 1. The van der Waals surface area contributed by atoms with Gasteiger partial charge in [-0.1, -0.05) is 22.9 Å². The van der Waals surface area contributed by atoms with Crippen LogP contribution in [-0.4, -0.2) is 43.7 Å². The molecule has 2 rings (SSSR count). The van der Waals surface area contributed by atoms with Crippen molar-refractivity contribution in [1.82, 2.24) is 4.90 Å². The van der Waals surface area contributed by atoms with Crippen LogP contribution >= 0.6 is 15.9 Å². The van der Waals surface area contributed by atoms with Gasteiger partial charge in [0.15, 0.2) is 0 Å². The molecule has 1 heterocycles. The van der Waals surface area contributed by atoms with Crippen LogP contribution in [0.2, 0.25) is 0 Å². The fourth-order valence-electron chi connectivity index (χ4n) is 3.35. The third-order valence-electron chi connectivity index (χ3n) is 4.76. The first-order chi connectivity index (χ1) is 12.0. The predicted octanol–water partition coefficient (Wildman–Crippen LogP) is 4.44. The second-order valence-electron chi connectivity index (χ2n) is 7.09. The summed E-state index contributed by atoms with van der Waals surface area (Å²) in [6, 6.07) is 6.12. The summed E-state index contributed by atoms with van der Waals surface area (Å²) in [6.07, 6.45) is 3.49. The van der Waals surface area contributed by atoms with Crippen molar-refractivity contribution in [3.05, 3.63) is 28.2 Å². The van der Waals surface area contributed by atoms with Crippen LogP contribution in [0, 0.1) is 18.8 Å². The first kappa shape index (κ1) is 20.2. The molecule has 25 heavy (non-hydrogen) atoms. The Morgan fingerprint density at radius 1 is 1.36 bits per heavy atom. The highest BCUT2D eigenvalue weighted by Gasteiger charge is 2.22. The average molecular weight is 412 g/mol. The number of likely N-dealkylation sites (tertiary alicyclic amines) is 1. The Hall–Kier alpha value is -1.07. The van der Waals surface area contributed by atoms with E-state index in [0.29, 0.717) is 19.1 Å². The molecule has 1 aromatic carbocycles. The summed E-state index contributed by atoms with van der Waals surface area (Å²) in [6.45, 7) is 9.81. The van der Waals surface area contributed by atoms with Crippen LogP contribution in [0.15, 0.2) is 22.7 Å². The molecule has 0 amide bonds. The Labute approximate surface area is 160 Å². The number of benzene rings is 1. The maximum Gasteiger partial charge on any atom is 0.320 e. The van der Waals surface area contributed by atoms with Gasteiger partial charge in [0, 0.05) is 4.47 Å². The minimum Gasteiger partial charge on any atom is -0.493 e. The molecule has 1 aromatic rings. The molecule has 0 aromatic heterocycles. The number of carbonyl (C=O) groups is 1. The zero-order valence-electron chi connectivity index (χ0n) is 15.6. The average Bonchev–Trinajstić information content (AvgIpc) is 2.58. The topological polar surface area (TPSA) is 38.8 Å². The van der Waals surface area contributed by atoms with E-state index in [9.17, 15) is 4.79 Å². The maximum absolute atomic E-state index is 11.6. The van der Waals surface area contributed by atoms with E-state index in [4.69, 9.17) is 9.47 Å². The van der Waals surface area contributed by atoms with Crippen LogP contribution in [-0.2, 0) is 9.53 Å². The summed E-state index contributed by atoms with van der Waals surface area (Å²) in [5.74, 6) is 2.10. The fraction of sp³-hybridized carbons (Fsp3) is 0.650. The third kappa shape index (κ3) is 6.98.